The quantitative estimate of drug-likeness (QED) is 0.148. The molecule has 0 heterocycles. The monoisotopic (exact) mass is 521 g/mol. The van der Waals surface area contributed by atoms with E-state index in [0.717, 1.165) is 66.5 Å². The summed E-state index contributed by atoms with van der Waals surface area (Å²) in [6.07, 6.45) is 18.4. The van der Waals surface area contributed by atoms with E-state index in [2.05, 4.69) is 63.1 Å². The summed E-state index contributed by atoms with van der Waals surface area (Å²) < 4.78 is 14.9. The highest BCUT2D eigenvalue weighted by Gasteiger charge is 2.20. The molecule has 0 fully saturated rings. The summed E-state index contributed by atoms with van der Waals surface area (Å²) in [5.74, 6) is 3.18. The molecule has 1 nitrogen and oxygen atoms in total. The van der Waals surface area contributed by atoms with Gasteiger partial charge >= 0.3 is 0 Å². The minimum atomic E-state index is -0.0970. The van der Waals surface area contributed by atoms with Crippen LogP contribution in [0, 0.1) is 24.1 Å². The van der Waals surface area contributed by atoms with Crippen molar-refractivity contribution in [2.45, 2.75) is 85.0 Å². The summed E-state index contributed by atoms with van der Waals surface area (Å²) in [5, 5.41) is 0. The second-order valence-electron chi connectivity index (χ2n) is 10.3. The van der Waals surface area contributed by atoms with Crippen LogP contribution < -0.4 is 0 Å². The zero-order valence-electron chi connectivity index (χ0n) is 24.2. The third-order valence-corrected chi connectivity index (χ3v) is 7.67. The molecule has 3 rings (SSSR count). The van der Waals surface area contributed by atoms with Gasteiger partial charge in [-0.3, -0.25) is 4.99 Å². The topological polar surface area (TPSA) is 12.4 Å². The summed E-state index contributed by atoms with van der Waals surface area (Å²) in [6.45, 7) is 8.70. The number of hydrogen-bond acceptors (Lipinski definition) is 1. The standard InChI is InChI=1S/C37H44FN/c1-6-11-15-29(9-4)33(25-23-31(16-12-7-2)34-17-13-14-18-36(34)38)35-27-32(24-26-37(35)39-10-5)30-21-19-28(8-3)20-22-30/h3,10,13-14,17-22,24-27,29,31H,6-7,9,11-12,15-16,23H2,1-2,4-5H3/b33-25-,39-10?. The highest BCUT2D eigenvalue weighted by molar-refractivity contribution is 5.82. The number of nitrogens with zero attached hydrogens (tertiary/aromatic N) is 1. The van der Waals surface area contributed by atoms with Crippen LogP contribution in [0.15, 0.2) is 77.8 Å². The molecule has 0 bridgehead atoms. The maximum atomic E-state index is 14.9. The lowest BCUT2D eigenvalue weighted by atomic mass is 9.82. The van der Waals surface area contributed by atoms with Crippen LogP contribution in [0.5, 0.6) is 0 Å². The first-order valence-corrected chi connectivity index (χ1v) is 14.7. The number of rotatable bonds is 14. The fraction of sp³-hybridized carbons (Fsp3) is 0.378. The average Bonchev–Trinajstić information content (AvgIpc) is 2.97. The van der Waals surface area contributed by atoms with Gasteiger partial charge in [0.15, 0.2) is 0 Å². The third-order valence-electron chi connectivity index (χ3n) is 7.67. The minimum Gasteiger partial charge on any atom is -0.261 e. The normalized spacial score (nSPS) is 13.4. The Kier molecular flexibility index (Phi) is 12.2. The first-order chi connectivity index (χ1) is 19.1. The largest absolute Gasteiger partial charge is 0.261 e. The Morgan fingerprint density at radius 3 is 2.26 bits per heavy atom. The number of hydrogen-bond donors (Lipinski definition) is 0. The van der Waals surface area contributed by atoms with Gasteiger partial charge in [0.05, 0.1) is 5.69 Å². The Balaban J connectivity index is 2.14. The van der Waals surface area contributed by atoms with Crippen LogP contribution in [0.3, 0.4) is 0 Å². The van der Waals surface area contributed by atoms with Gasteiger partial charge in [0.1, 0.15) is 5.82 Å². The Hall–Kier alpha value is -3.44. The summed E-state index contributed by atoms with van der Waals surface area (Å²) in [7, 11) is 0. The van der Waals surface area contributed by atoms with E-state index < -0.39 is 0 Å². The van der Waals surface area contributed by atoms with E-state index >= 15 is 0 Å². The molecular weight excluding hydrogens is 477 g/mol. The Bertz CT molecular complexity index is 1280. The molecule has 2 heteroatoms. The summed E-state index contributed by atoms with van der Waals surface area (Å²) in [4.78, 5) is 4.78. The third kappa shape index (κ3) is 8.27. The molecule has 0 aliphatic rings. The molecule has 0 N–H and O–H groups in total. The van der Waals surface area contributed by atoms with Crippen molar-refractivity contribution in [1.82, 2.24) is 0 Å². The smallest absolute Gasteiger partial charge is 0.126 e. The first-order valence-electron chi connectivity index (χ1n) is 14.7. The molecule has 0 radical (unpaired) electrons. The molecule has 3 aromatic carbocycles. The molecule has 0 aliphatic carbocycles. The van der Waals surface area contributed by atoms with Crippen LogP contribution >= 0.6 is 0 Å². The average molecular weight is 522 g/mol. The van der Waals surface area contributed by atoms with Crippen LogP contribution in [-0.4, -0.2) is 6.21 Å². The van der Waals surface area contributed by atoms with Crippen LogP contribution in [-0.2, 0) is 0 Å². The number of benzene rings is 3. The van der Waals surface area contributed by atoms with E-state index in [9.17, 15) is 4.39 Å². The van der Waals surface area contributed by atoms with E-state index in [4.69, 9.17) is 11.4 Å². The number of terminal acetylenes is 1. The van der Waals surface area contributed by atoms with Gasteiger partial charge in [-0.25, -0.2) is 4.39 Å². The zero-order valence-corrected chi connectivity index (χ0v) is 24.2. The summed E-state index contributed by atoms with van der Waals surface area (Å²) in [5.41, 5.74) is 7.50. The Labute approximate surface area is 236 Å². The highest BCUT2D eigenvalue weighted by Crippen LogP contribution is 2.40. The summed E-state index contributed by atoms with van der Waals surface area (Å²) >= 11 is 0. The van der Waals surface area contributed by atoms with Crippen molar-refractivity contribution in [3.63, 3.8) is 0 Å². The van der Waals surface area contributed by atoms with Crippen LogP contribution in [0.4, 0.5) is 10.1 Å². The minimum absolute atomic E-state index is 0.0970. The van der Waals surface area contributed by atoms with E-state index in [1.165, 1.54) is 24.0 Å². The lowest BCUT2D eigenvalue weighted by Gasteiger charge is -2.23. The number of unbranched alkanes of at least 4 members (excludes halogenated alkanes) is 2. The maximum Gasteiger partial charge on any atom is 0.126 e. The molecule has 0 saturated heterocycles. The molecule has 3 aromatic rings. The molecular formula is C37H44FN. The van der Waals surface area contributed by atoms with Crippen LogP contribution in [0.2, 0.25) is 0 Å². The van der Waals surface area contributed by atoms with Gasteiger partial charge in [0.2, 0.25) is 0 Å². The first kappa shape index (κ1) is 30.1. The SMILES string of the molecule is C#Cc1ccc(-c2ccc(N=CC)c(/C(=C\CC(CCCC)c3ccccc3F)C(CC)CCCC)c2)cc1. The second kappa shape index (κ2) is 15.8. The number of halogens is 1. The molecule has 39 heavy (non-hydrogen) atoms. The van der Waals surface area contributed by atoms with Crippen molar-refractivity contribution in [1.29, 1.82) is 0 Å². The van der Waals surface area contributed by atoms with Gasteiger partial charge in [-0.05, 0) is 97.0 Å². The Morgan fingerprint density at radius 1 is 0.923 bits per heavy atom. The molecule has 0 saturated carbocycles. The maximum absolute atomic E-state index is 14.9. The van der Waals surface area contributed by atoms with Crippen molar-refractivity contribution in [2.75, 3.05) is 0 Å². The number of allylic oxidation sites excluding steroid dienone is 2. The molecule has 0 aliphatic heterocycles. The van der Waals surface area contributed by atoms with Crippen molar-refractivity contribution in [3.05, 3.63) is 95.3 Å². The van der Waals surface area contributed by atoms with E-state index in [1.54, 1.807) is 12.1 Å². The Morgan fingerprint density at radius 2 is 1.62 bits per heavy atom. The van der Waals surface area contributed by atoms with E-state index in [1.807, 2.05) is 37.4 Å². The highest BCUT2D eigenvalue weighted by atomic mass is 19.1. The van der Waals surface area contributed by atoms with Gasteiger partial charge in [0, 0.05) is 17.3 Å². The fourth-order valence-electron chi connectivity index (χ4n) is 5.41. The predicted molar refractivity (Wildman–Crippen MR) is 168 cm³/mol. The van der Waals surface area contributed by atoms with Crippen molar-refractivity contribution < 1.29 is 4.39 Å². The zero-order chi connectivity index (χ0) is 28.0. The lowest BCUT2D eigenvalue weighted by Crippen LogP contribution is -2.06. The molecule has 0 aromatic heterocycles. The van der Waals surface area contributed by atoms with Gasteiger partial charge in [-0.2, -0.15) is 0 Å². The molecule has 2 atom stereocenters. The number of aliphatic imine (C=N–C) groups is 1. The van der Waals surface area contributed by atoms with Gasteiger partial charge in [0.25, 0.3) is 0 Å². The van der Waals surface area contributed by atoms with Gasteiger partial charge < -0.3 is 0 Å². The van der Waals surface area contributed by atoms with Crippen molar-refractivity contribution >= 4 is 17.5 Å². The molecule has 0 spiro atoms. The van der Waals surface area contributed by atoms with Crippen LogP contribution in [0.25, 0.3) is 16.7 Å². The van der Waals surface area contributed by atoms with Crippen molar-refractivity contribution in [3.8, 4) is 23.5 Å². The summed E-state index contributed by atoms with van der Waals surface area (Å²) in [6, 6.07) is 22.0. The van der Waals surface area contributed by atoms with Gasteiger partial charge in [-0.15, -0.1) is 6.42 Å². The molecule has 2 unspecified atom stereocenters. The predicted octanol–water partition coefficient (Wildman–Crippen LogP) is 11.2. The van der Waals surface area contributed by atoms with E-state index in [-0.39, 0.29) is 11.7 Å². The molecule has 204 valence electrons. The van der Waals surface area contributed by atoms with E-state index in [0.29, 0.717) is 5.92 Å². The fourth-order valence-corrected chi connectivity index (χ4v) is 5.41. The lowest BCUT2D eigenvalue weighted by molar-refractivity contribution is 0.533. The molecule has 0 amide bonds. The van der Waals surface area contributed by atoms with Crippen molar-refractivity contribution in [2.24, 2.45) is 10.9 Å². The second-order valence-corrected chi connectivity index (χ2v) is 10.3. The van der Waals surface area contributed by atoms with Crippen LogP contribution in [0.1, 0.15) is 102 Å². The van der Waals surface area contributed by atoms with Gasteiger partial charge in [-0.1, -0.05) is 94.8 Å².